The van der Waals surface area contributed by atoms with Crippen LogP contribution in [0.15, 0.2) is 66.2 Å². The third-order valence-electron chi connectivity index (χ3n) is 10.1. The predicted molar refractivity (Wildman–Crippen MR) is 143 cm³/mol. The van der Waals surface area contributed by atoms with Crippen molar-refractivity contribution in [2.24, 2.45) is 23.7 Å². The molecule has 0 aromatic heterocycles. The van der Waals surface area contributed by atoms with Crippen LogP contribution in [0.25, 0.3) is 0 Å². The first kappa shape index (κ1) is 22.3. The summed E-state index contributed by atoms with van der Waals surface area (Å²) in [5, 5.41) is 11.9. The van der Waals surface area contributed by atoms with Crippen LogP contribution >= 0.6 is 0 Å². The largest absolute Gasteiger partial charge is 0.390 e. The van der Waals surface area contributed by atoms with E-state index in [1.54, 1.807) is 0 Å². The molecule has 0 aliphatic heterocycles. The molecule has 0 saturated heterocycles. The number of aliphatic hydroxyl groups is 1. The Labute approximate surface area is 214 Å². The minimum absolute atomic E-state index is 0.218. The molecule has 2 heteroatoms. The second kappa shape index (κ2) is 8.30. The van der Waals surface area contributed by atoms with Gasteiger partial charge in [0, 0.05) is 5.57 Å². The summed E-state index contributed by atoms with van der Waals surface area (Å²) in [4.78, 5) is 12.2. The molecule has 4 aliphatic carbocycles. The third kappa shape index (κ3) is 3.54. The van der Waals surface area contributed by atoms with Crippen molar-refractivity contribution in [2.45, 2.75) is 63.9 Å². The topological polar surface area (TPSA) is 37.3 Å². The quantitative estimate of drug-likeness (QED) is 0.440. The molecule has 0 radical (unpaired) electrons. The minimum atomic E-state index is -0.682. The SMILES string of the molecule is CC1(O)[C@@H]2Cc3ccccc3C[C@H]1Cc1cc3c(cc1C2)C[C@@H]1Cc2ccccc2C[C@H](C3)C1=C=O. The van der Waals surface area contributed by atoms with Gasteiger partial charge < -0.3 is 5.11 Å². The fourth-order valence-electron chi connectivity index (χ4n) is 7.98. The highest BCUT2D eigenvalue weighted by Gasteiger charge is 2.45. The van der Waals surface area contributed by atoms with Gasteiger partial charge in [-0.25, -0.2) is 4.79 Å². The van der Waals surface area contributed by atoms with Gasteiger partial charge in [0.1, 0.15) is 5.94 Å². The van der Waals surface area contributed by atoms with E-state index >= 15 is 0 Å². The molecular formula is C34H34O2. The molecule has 3 aromatic rings. The van der Waals surface area contributed by atoms with Gasteiger partial charge in [0.2, 0.25) is 0 Å². The van der Waals surface area contributed by atoms with E-state index in [0.717, 1.165) is 56.9 Å². The summed E-state index contributed by atoms with van der Waals surface area (Å²) in [5.74, 6) is 3.34. The van der Waals surface area contributed by atoms with E-state index in [4.69, 9.17) is 0 Å². The van der Waals surface area contributed by atoms with Gasteiger partial charge >= 0.3 is 0 Å². The van der Waals surface area contributed by atoms with Gasteiger partial charge in [0.25, 0.3) is 0 Å². The fourth-order valence-corrected chi connectivity index (χ4v) is 7.98. The lowest BCUT2D eigenvalue weighted by Gasteiger charge is -2.36. The lowest BCUT2D eigenvalue weighted by Crippen LogP contribution is -2.43. The van der Waals surface area contributed by atoms with E-state index < -0.39 is 5.60 Å². The molecule has 4 aliphatic rings. The molecule has 3 aromatic carbocycles. The van der Waals surface area contributed by atoms with E-state index in [-0.39, 0.29) is 23.7 Å². The van der Waals surface area contributed by atoms with Gasteiger partial charge in [-0.15, -0.1) is 0 Å². The zero-order valence-electron chi connectivity index (χ0n) is 21.1. The van der Waals surface area contributed by atoms with Crippen molar-refractivity contribution in [1.82, 2.24) is 0 Å². The maximum atomic E-state index is 12.2. The smallest absolute Gasteiger partial charge is 0.124 e. The zero-order chi connectivity index (χ0) is 24.4. The van der Waals surface area contributed by atoms with E-state index in [1.165, 1.54) is 44.5 Å². The average Bonchev–Trinajstić information content (AvgIpc) is 3.19. The Morgan fingerprint density at radius 2 is 0.944 bits per heavy atom. The highest BCUT2D eigenvalue weighted by atomic mass is 16.3. The summed E-state index contributed by atoms with van der Waals surface area (Å²) in [6.45, 7) is 2.10. The summed E-state index contributed by atoms with van der Waals surface area (Å²) >= 11 is 0. The third-order valence-corrected chi connectivity index (χ3v) is 10.1. The van der Waals surface area contributed by atoms with Gasteiger partial charge in [-0.3, -0.25) is 0 Å². The van der Waals surface area contributed by atoms with Gasteiger partial charge in [0.05, 0.1) is 5.60 Å². The van der Waals surface area contributed by atoms with Gasteiger partial charge in [-0.1, -0.05) is 60.7 Å². The first-order valence-electron chi connectivity index (χ1n) is 13.7. The Hall–Kier alpha value is -2.93. The molecule has 0 saturated carbocycles. The maximum Gasteiger partial charge on any atom is 0.124 e. The van der Waals surface area contributed by atoms with Crippen molar-refractivity contribution in [3.8, 4) is 0 Å². The number of carbonyl (C=O) groups excluding carboxylic acids is 1. The molecule has 4 bridgehead atoms. The zero-order valence-corrected chi connectivity index (χ0v) is 21.1. The first-order valence-corrected chi connectivity index (χ1v) is 13.7. The van der Waals surface area contributed by atoms with Crippen molar-refractivity contribution in [3.05, 3.63) is 111 Å². The van der Waals surface area contributed by atoms with Gasteiger partial charge in [0.15, 0.2) is 0 Å². The van der Waals surface area contributed by atoms with E-state index in [0.29, 0.717) is 0 Å². The Morgan fingerprint density at radius 3 is 1.36 bits per heavy atom. The Kier molecular flexibility index (Phi) is 5.14. The second-order valence-corrected chi connectivity index (χ2v) is 12.1. The lowest BCUT2D eigenvalue weighted by molar-refractivity contribution is -0.0475. The highest BCUT2D eigenvalue weighted by Crippen LogP contribution is 2.45. The molecular weight excluding hydrogens is 440 g/mol. The monoisotopic (exact) mass is 474 g/mol. The van der Waals surface area contributed by atoms with E-state index in [9.17, 15) is 9.90 Å². The molecule has 36 heavy (non-hydrogen) atoms. The number of benzene rings is 3. The van der Waals surface area contributed by atoms with Gasteiger partial charge in [-0.05, 0) is 126 Å². The summed E-state index contributed by atoms with van der Waals surface area (Å²) in [6, 6.07) is 22.5. The molecule has 0 amide bonds. The van der Waals surface area contributed by atoms with Crippen molar-refractivity contribution in [3.63, 3.8) is 0 Å². The highest BCUT2D eigenvalue weighted by molar-refractivity contribution is 5.58. The summed E-state index contributed by atoms with van der Waals surface area (Å²) in [5.41, 5.74) is 11.6. The lowest BCUT2D eigenvalue weighted by atomic mass is 9.75. The van der Waals surface area contributed by atoms with Crippen LogP contribution in [0.5, 0.6) is 0 Å². The van der Waals surface area contributed by atoms with Crippen molar-refractivity contribution in [2.75, 3.05) is 0 Å². The van der Waals surface area contributed by atoms with Crippen LogP contribution in [0.2, 0.25) is 0 Å². The van der Waals surface area contributed by atoms with Crippen molar-refractivity contribution in [1.29, 1.82) is 0 Å². The van der Waals surface area contributed by atoms with E-state index in [2.05, 4.69) is 73.5 Å². The second-order valence-electron chi connectivity index (χ2n) is 12.1. The summed E-state index contributed by atoms with van der Waals surface area (Å²) < 4.78 is 0. The number of fused-ring (bicyclic) bond motifs is 8. The maximum absolute atomic E-state index is 12.2. The molecule has 2 nitrogen and oxygen atoms in total. The first-order chi connectivity index (χ1) is 17.5. The molecule has 5 atom stereocenters. The van der Waals surface area contributed by atoms with Crippen LogP contribution in [0.1, 0.15) is 51.4 Å². The molecule has 1 unspecified atom stereocenters. The van der Waals surface area contributed by atoms with Crippen LogP contribution in [-0.4, -0.2) is 16.6 Å². The van der Waals surface area contributed by atoms with Crippen molar-refractivity contribution < 1.29 is 9.90 Å². The van der Waals surface area contributed by atoms with E-state index in [1.807, 2.05) is 0 Å². The molecule has 0 spiro atoms. The molecule has 0 heterocycles. The normalized spacial score (nSPS) is 30.2. The van der Waals surface area contributed by atoms with Crippen molar-refractivity contribution >= 4 is 5.94 Å². The molecule has 182 valence electrons. The number of rotatable bonds is 0. The Morgan fingerprint density at radius 1 is 0.611 bits per heavy atom. The minimum Gasteiger partial charge on any atom is -0.390 e. The Balaban J connectivity index is 1.30. The average molecular weight is 475 g/mol. The van der Waals surface area contributed by atoms with Crippen LogP contribution in [0.4, 0.5) is 0 Å². The Bertz CT molecular complexity index is 1310. The van der Waals surface area contributed by atoms with Crippen LogP contribution in [0, 0.1) is 23.7 Å². The molecule has 0 fully saturated rings. The number of hydrogen-bond donors (Lipinski definition) is 1. The summed E-state index contributed by atoms with van der Waals surface area (Å²) in [7, 11) is 0. The predicted octanol–water partition coefficient (Wildman–Crippen LogP) is 5.46. The van der Waals surface area contributed by atoms with Crippen LogP contribution in [0.3, 0.4) is 0 Å². The van der Waals surface area contributed by atoms with Gasteiger partial charge in [-0.2, -0.15) is 0 Å². The molecule has 7 rings (SSSR count). The fraction of sp³-hybridized carbons (Fsp3) is 0.412. The van der Waals surface area contributed by atoms with Crippen LogP contribution < -0.4 is 0 Å². The number of allylic oxidation sites excluding steroid dienone is 1. The summed E-state index contributed by atoms with van der Waals surface area (Å²) in [6.07, 6.45) is 7.44. The molecule has 1 N–H and O–H groups in total. The van der Waals surface area contributed by atoms with Crippen LogP contribution in [-0.2, 0) is 56.2 Å². The number of hydrogen-bond acceptors (Lipinski definition) is 2. The standard InChI is InChI=1S/C34H34O2/c1-34(36)31-16-23-8-4-5-9-24(23)17-32(34)19-28-13-26-15-30-11-22-7-3-2-6-21(22)10-29(33(30)20-35)14-25(26)12-27(28)18-31/h2-9,12-13,29-32,36H,10-11,14-19H2,1H3/t29-,30+,31+,32-,34?.